The third kappa shape index (κ3) is 4.21. The molecule has 0 aliphatic carbocycles. The van der Waals surface area contributed by atoms with Gasteiger partial charge in [0.2, 0.25) is 0 Å². The standard InChI is InChI=1S/C19H12F3N4O2S/c1-10-24-15(9-29-10)14-8-11-6-7-23-18(27)16(11)17(26-14)25-12-2-4-13(5-3-12)28-19(20,21)22/h2-9H,1H3,(H,25,26). The molecule has 1 aromatic carbocycles. The fourth-order valence-corrected chi connectivity index (χ4v) is 3.36. The summed E-state index contributed by atoms with van der Waals surface area (Å²) in [7, 11) is 0. The molecule has 0 saturated heterocycles. The van der Waals surface area contributed by atoms with E-state index >= 15 is 0 Å². The maximum absolute atomic E-state index is 12.3. The van der Waals surface area contributed by atoms with E-state index in [1.807, 2.05) is 12.3 Å². The van der Waals surface area contributed by atoms with Gasteiger partial charge in [-0.2, -0.15) is 0 Å². The van der Waals surface area contributed by atoms with E-state index in [0.29, 0.717) is 22.6 Å². The molecule has 1 amide bonds. The largest absolute Gasteiger partial charge is 0.573 e. The minimum Gasteiger partial charge on any atom is -0.406 e. The number of benzene rings is 1. The molecule has 2 aromatic heterocycles. The lowest BCUT2D eigenvalue weighted by Gasteiger charge is -2.16. The highest BCUT2D eigenvalue weighted by Gasteiger charge is 2.31. The van der Waals surface area contributed by atoms with Crippen molar-refractivity contribution in [3.8, 4) is 17.1 Å². The smallest absolute Gasteiger partial charge is 0.406 e. The zero-order valence-corrected chi connectivity index (χ0v) is 15.6. The number of thiazole rings is 1. The molecule has 10 heteroatoms. The van der Waals surface area contributed by atoms with Crippen molar-refractivity contribution >= 4 is 34.8 Å². The summed E-state index contributed by atoms with van der Waals surface area (Å²) in [5, 5.41) is 9.49. The van der Waals surface area contributed by atoms with Crippen LogP contribution in [0.15, 0.2) is 41.9 Å². The molecule has 0 unspecified atom stereocenters. The summed E-state index contributed by atoms with van der Waals surface area (Å²) in [6, 6.07) is 6.88. The Morgan fingerprint density at radius 3 is 2.52 bits per heavy atom. The van der Waals surface area contributed by atoms with Crippen molar-refractivity contribution in [3.63, 3.8) is 0 Å². The van der Waals surface area contributed by atoms with Gasteiger partial charge in [0.25, 0.3) is 5.91 Å². The third-order valence-corrected chi connectivity index (χ3v) is 4.72. The van der Waals surface area contributed by atoms with E-state index in [1.54, 1.807) is 12.1 Å². The molecular weight excluding hydrogens is 405 g/mol. The number of aromatic nitrogens is 2. The first-order valence-electron chi connectivity index (χ1n) is 8.30. The second-order valence-corrected chi connectivity index (χ2v) is 7.08. The first kappa shape index (κ1) is 18.9. The Kier molecular flexibility index (Phi) is 4.71. The molecule has 29 heavy (non-hydrogen) atoms. The number of hydrogen-bond donors (Lipinski definition) is 1. The van der Waals surface area contributed by atoms with Gasteiger partial charge in [-0.05, 0) is 48.9 Å². The lowest BCUT2D eigenvalue weighted by molar-refractivity contribution is -0.274. The fourth-order valence-electron chi connectivity index (χ4n) is 2.75. The summed E-state index contributed by atoms with van der Waals surface area (Å²) in [6.45, 7) is 1.87. The molecule has 0 bridgehead atoms. The number of aryl methyl sites for hydroxylation is 1. The summed E-state index contributed by atoms with van der Waals surface area (Å²) >= 11 is 1.47. The molecule has 0 saturated carbocycles. The average molecular weight is 417 g/mol. The van der Waals surface area contributed by atoms with Crippen LogP contribution in [0, 0.1) is 6.92 Å². The van der Waals surface area contributed by atoms with Crippen molar-refractivity contribution in [1.82, 2.24) is 15.3 Å². The number of pyridine rings is 1. The van der Waals surface area contributed by atoms with Crippen molar-refractivity contribution < 1.29 is 22.7 Å². The number of rotatable bonds is 4. The quantitative estimate of drug-likeness (QED) is 0.654. The van der Waals surface area contributed by atoms with Gasteiger partial charge in [0.15, 0.2) is 0 Å². The van der Waals surface area contributed by atoms with Crippen LogP contribution in [-0.4, -0.2) is 22.2 Å². The molecular formula is C19H12F3N4O2S. The number of hydrogen-bond acceptors (Lipinski definition) is 6. The SMILES string of the molecule is Cc1nc(-c2cc3c(c(Nc4ccc(OC(F)(F)F)cc4)n2)C(=O)[N]C=C3)cs1. The lowest BCUT2D eigenvalue weighted by Crippen LogP contribution is -2.18. The lowest BCUT2D eigenvalue weighted by atomic mass is 10.0. The number of halogens is 3. The number of carbonyl (C=O) groups excluding carboxylic acids is 1. The number of ether oxygens (including phenoxy) is 1. The van der Waals surface area contributed by atoms with Gasteiger partial charge in [0.1, 0.15) is 11.6 Å². The summed E-state index contributed by atoms with van der Waals surface area (Å²) in [6.07, 6.45) is -1.67. The van der Waals surface area contributed by atoms with Gasteiger partial charge >= 0.3 is 6.36 Å². The molecule has 1 N–H and O–H groups in total. The molecule has 0 spiro atoms. The van der Waals surface area contributed by atoms with Crippen molar-refractivity contribution in [1.29, 1.82) is 0 Å². The van der Waals surface area contributed by atoms with Crippen LogP contribution in [0.5, 0.6) is 5.75 Å². The van der Waals surface area contributed by atoms with E-state index in [0.717, 1.165) is 5.01 Å². The predicted octanol–water partition coefficient (Wildman–Crippen LogP) is 4.88. The van der Waals surface area contributed by atoms with E-state index < -0.39 is 12.3 Å². The highest BCUT2D eigenvalue weighted by atomic mass is 32.1. The molecule has 4 rings (SSSR count). The number of amides is 1. The topological polar surface area (TPSA) is 78.2 Å². The van der Waals surface area contributed by atoms with E-state index in [-0.39, 0.29) is 17.1 Å². The second-order valence-electron chi connectivity index (χ2n) is 6.02. The molecule has 1 aliphatic rings. The van der Waals surface area contributed by atoms with Crippen LogP contribution in [0.3, 0.4) is 0 Å². The summed E-state index contributed by atoms with van der Waals surface area (Å²) in [5.41, 5.74) is 2.56. The molecule has 147 valence electrons. The van der Waals surface area contributed by atoms with Crippen molar-refractivity contribution in [2.75, 3.05) is 5.32 Å². The third-order valence-electron chi connectivity index (χ3n) is 3.94. The van der Waals surface area contributed by atoms with Crippen LogP contribution in [0.2, 0.25) is 0 Å². The van der Waals surface area contributed by atoms with Crippen LogP contribution in [0.25, 0.3) is 17.5 Å². The first-order valence-corrected chi connectivity index (χ1v) is 9.18. The zero-order valence-electron chi connectivity index (χ0n) is 14.8. The maximum atomic E-state index is 12.3. The molecule has 0 atom stereocenters. The minimum absolute atomic E-state index is 0.241. The van der Waals surface area contributed by atoms with Crippen molar-refractivity contribution in [2.24, 2.45) is 0 Å². The number of carbonyl (C=O) groups is 1. The summed E-state index contributed by atoms with van der Waals surface area (Å²) in [5.74, 6) is -0.569. The van der Waals surface area contributed by atoms with E-state index in [1.165, 1.54) is 41.8 Å². The van der Waals surface area contributed by atoms with Gasteiger partial charge in [0, 0.05) is 17.3 Å². The van der Waals surface area contributed by atoms with E-state index in [9.17, 15) is 18.0 Å². The monoisotopic (exact) mass is 417 g/mol. The molecule has 3 heterocycles. The van der Waals surface area contributed by atoms with E-state index in [2.05, 4.69) is 25.3 Å². The van der Waals surface area contributed by atoms with E-state index in [4.69, 9.17) is 0 Å². The summed E-state index contributed by atoms with van der Waals surface area (Å²) < 4.78 is 40.8. The zero-order chi connectivity index (χ0) is 20.6. The Balaban J connectivity index is 1.70. The molecule has 6 nitrogen and oxygen atoms in total. The highest BCUT2D eigenvalue weighted by Crippen LogP contribution is 2.31. The summed E-state index contributed by atoms with van der Waals surface area (Å²) in [4.78, 5) is 21.2. The second kappa shape index (κ2) is 7.21. The average Bonchev–Trinajstić information content (AvgIpc) is 3.08. The minimum atomic E-state index is -4.77. The van der Waals surface area contributed by atoms with Gasteiger partial charge in [-0.3, -0.25) is 4.79 Å². The Morgan fingerprint density at radius 2 is 1.86 bits per heavy atom. The normalized spacial score (nSPS) is 13.0. The molecule has 1 radical (unpaired) electrons. The molecule has 3 aromatic rings. The Hall–Kier alpha value is -3.40. The van der Waals surface area contributed by atoms with Crippen molar-refractivity contribution in [2.45, 2.75) is 13.3 Å². The van der Waals surface area contributed by atoms with Crippen LogP contribution in [0.1, 0.15) is 20.9 Å². The fraction of sp³-hybridized carbons (Fsp3) is 0.105. The van der Waals surface area contributed by atoms with Gasteiger partial charge in [-0.25, -0.2) is 15.3 Å². The maximum Gasteiger partial charge on any atom is 0.573 e. The van der Waals surface area contributed by atoms with Crippen LogP contribution in [-0.2, 0) is 0 Å². The van der Waals surface area contributed by atoms with Gasteiger partial charge in [-0.15, -0.1) is 24.5 Å². The van der Waals surface area contributed by atoms with Crippen LogP contribution >= 0.6 is 11.3 Å². The van der Waals surface area contributed by atoms with Crippen LogP contribution < -0.4 is 15.4 Å². The van der Waals surface area contributed by atoms with Gasteiger partial charge < -0.3 is 10.1 Å². The number of fused-ring (bicyclic) bond motifs is 1. The first-order chi connectivity index (χ1) is 13.8. The Morgan fingerprint density at radius 1 is 1.10 bits per heavy atom. The Labute approximate surface area is 167 Å². The highest BCUT2D eigenvalue weighted by molar-refractivity contribution is 7.09. The van der Waals surface area contributed by atoms with Crippen molar-refractivity contribution in [3.05, 3.63) is 58.0 Å². The number of nitrogens with zero attached hydrogens (tertiary/aromatic N) is 3. The molecule has 0 fully saturated rings. The van der Waals surface area contributed by atoms with Gasteiger partial charge in [-0.1, -0.05) is 0 Å². The molecule has 1 aliphatic heterocycles. The predicted molar refractivity (Wildman–Crippen MR) is 102 cm³/mol. The number of anilines is 2. The van der Waals surface area contributed by atoms with Crippen LogP contribution in [0.4, 0.5) is 24.7 Å². The Bertz CT molecular complexity index is 1110. The number of alkyl halides is 3. The van der Waals surface area contributed by atoms with Gasteiger partial charge in [0.05, 0.1) is 22.0 Å². The number of nitrogens with one attached hydrogen (secondary N) is 1.